The molecule has 0 bridgehead atoms. The van der Waals surface area contributed by atoms with Crippen molar-refractivity contribution in [2.75, 3.05) is 13.2 Å². The zero-order valence-electron chi connectivity index (χ0n) is 10.2. The van der Waals surface area contributed by atoms with E-state index in [1.54, 1.807) is 0 Å². The SMILES string of the molecule is CCC(CC#N)NCC(C)(C)CCCO. The Morgan fingerprint density at radius 1 is 1.47 bits per heavy atom. The molecule has 88 valence electrons. The maximum absolute atomic E-state index is 8.77. The molecule has 0 saturated heterocycles. The minimum absolute atomic E-state index is 0.200. The average molecular weight is 212 g/mol. The summed E-state index contributed by atoms with van der Waals surface area (Å²) >= 11 is 0. The van der Waals surface area contributed by atoms with Gasteiger partial charge in [-0.1, -0.05) is 20.8 Å². The topological polar surface area (TPSA) is 56.0 Å². The normalized spacial score (nSPS) is 13.5. The molecule has 3 nitrogen and oxygen atoms in total. The Hall–Kier alpha value is -0.590. The van der Waals surface area contributed by atoms with E-state index in [9.17, 15) is 0 Å². The van der Waals surface area contributed by atoms with Crippen molar-refractivity contribution < 1.29 is 5.11 Å². The largest absolute Gasteiger partial charge is 0.396 e. The first kappa shape index (κ1) is 14.4. The van der Waals surface area contributed by atoms with E-state index in [1.165, 1.54) is 0 Å². The molecule has 15 heavy (non-hydrogen) atoms. The van der Waals surface area contributed by atoms with Crippen LogP contribution in [0.2, 0.25) is 0 Å². The van der Waals surface area contributed by atoms with E-state index >= 15 is 0 Å². The van der Waals surface area contributed by atoms with Crippen LogP contribution in [0.1, 0.15) is 46.5 Å². The molecule has 0 aliphatic heterocycles. The van der Waals surface area contributed by atoms with Gasteiger partial charge in [-0.25, -0.2) is 0 Å². The number of nitrogens with zero attached hydrogens (tertiary/aromatic N) is 1. The van der Waals surface area contributed by atoms with Gasteiger partial charge in [-0.15, -0.1) is 0 Å². The van der Waals surface area contributed by atoms with Crippen LogP contribution in [-0.2, 0) is 0 Å². The van der Waals surface area contributed by atoms with E-state index in [1.807, 2.05) is 0 Å². The fraction of sp³-hybridized carbons (Fsp3) is 0.917. The molecule has 0 aromatic rings. The second-order valence-corrected chi connectivity index (χ2v) is 4.84. The molecular formula is C12H24N2O. The second-order valence-electron chi connectivity index (χ2n) is 4.84. The molecule has 0 amide bonds. The molecule has 0 fully saturated rings. The lowest BCUT2D eigenvalue weighted by Gasteiger charge is -2.27. The zero-order chi connectivity index (χ0) is 11.7. The molecule has 0 heterocycles. The van der Waals surface area contributed by atoms with Crippen LogP contribution >= 0.6 is 0 Å². The summed E-state index contributed by atoms with van der Waals surface area (Å²) in [5.41, 5.74) is 0.200. The number of hydrogen-bond acceptors (Lipinski definition) is 3. The number of aliphatic hydroxyl groups is 1. The summed E-state index contributed by atoms with van der Waals surface area (Å²) in [7, 11) is 0. The third-order valence-corrected chi connectivity index (χ3v) is 2.71. The molecule has 0 saturated carbocycles. The van der Waals surface area contributed by atoms with E-state index in [0.29, 0.717) is 12.5 Å². The monoisotopic (exact) mass is 212 g/mol. The maximum atomic E-state index is 8.77. The Labute approximate surface area is 93.5 Å². The summed E-state index contributed by atoms with van der Waals surface area (Å²) in [5, 5.41) is 20.8. The van der Waals surface area contributed by atoms with Gasteiger partial charge in [0.25, 0.3) is 0 Å². The van der Waals surface area contributed by atoms with Crippen molar-refractivity contribution in [2.45, 2.75) is 52.5 Å². The highest BCUT2D eigenvalue weighted by atomic mass is 16.2. The molecule has 0 aliphatic carbocycles. The Balaban J connectivity index is 3.84. The van der Waals surface area contributed by atoms with E-state index < -0.39 is 0 Å². The number of hydrogen-bond donors (Lipinski definition) is 2. The lowest BCUT2D eigenvalue weighted by molar-refractivity contribution is 0.231. The van der Waals surface area contributed by atoms with Gasteiger partial charge < -0.3 is 10.4 Å². The van der Waals surface area contributed by atoms with E-state index in [0.717, 1.165) is 25.8 Å². The Morgan fingerprint density at radius 3 is 2.60 bits per heavy atom. The maximum Gasteiger partial charge on any atom is 0.0638 e. The van der Waals surface area contributed by atoms with Crippen LogP contribution in [0, 0.1) is 16.7 Å². The van der Waals surface area contributed by atoms with Crippen molar-refractivity contribution in [3.63, 3.8) is 0 Å². The van der Waals surface area contributed by atoms with Crippen molar-refractivity contribution in [1.82, 2.24) is 5.32 Å². The van der Waals surface area contributed by atoms with Crippen LogP contribution < -0.4 is 5.32 Å². The summed E-state index contributed by atoms with van der Waals surface area (Å²) in [5.74, 6) is 0. The van der Waals surface area contributed by atoms with Gasteiger partial charge >= 0.3 is 0 Å². The molecule has 1 atom stereocenters. The molecule has 2 N–H and O–H groups in total. The lowest BCUT2D eigenvalue weighted by atomic mass is 9.87. The van der Waals surface area contributed by atoms with E-state index in [-0.39, 0.29) is 12.0 Å². The molecule has 0 aliphatic rings. The first-order valence-corrected chi connectivity index (χ1v) is 5.77. The molecule has 0 radical (unpaired) electrons. The summed E-state index contributed by atoms with van der Waals surface area (Å²) in [6.07, 6.45) is 3.43. The van der Waals surface area contributed by atoms with Crippen molar-refractivity contribution in [1.29, 1.82) is 5.26 Å². The van der Waals surface area contributed by atoms with Gasteiger partial charge in [-0.3, -0.25) is 0 Å². The summed E-state index contributed by atoms with van der Waals surface area (Å²) in [6.45, 7) is 7.64. The van der Waals surface area contributed by atoms with Crippen LogP contribution in [0.3, 0.4) is 0 Å². The third kappa shape index (κ3) is 7.35. The van der Waals surface area contributed by atoms with Crippen molar-refractivity contribution in [3.05, 3.63) is 0 Å². The predicted molar refractivity (Wildman–Crippen MR) is 62.4 cm³/mol. The number of rotatable bonds is 8. The van der Waals surface area contributed by atoms with Crippen LogP contribution in [0.15, 0.2) is 0 Å². The fourth-order valence-corrected chi connectivity index (χ4v) is 1.54. The predicted octanol–water partition coefficient (Wildman–Crippen LogP) is 2.07. The van der Waals surface area contributed by atoms with Crippen LogP contribution in [0.4, 0.5) is 0 Å². The van der Waals surface area contributed by atoms with Gasteiger partial charge in [0.05, 0.1) is 12.5 Å². The van der Waals surface area contributed by atoms with Crippen LogP contribution in [-0.4, -0.2) is 24.3 Å². The van der Waals surface area contributed by atoms with E-state index in [4.69, 9.17) is 10.4 Å². The number of aliphatic hydroxyl groups excluding tert-OH is 1. The Kier molecular flexibility index (Phi) is 7.37. The highest BCUT2D eigenvalue weighted by molar-refractivity contribution is 4.82. The highest BCUT2D eigenvalue weighted by Gasteiger charge is 2.18. The first-order valence-electron chi connectivity index (χ1n) is 5.77. The zero-order valence-corrected chi connectivity index (χ0v) is 10.2. The van der Waals surface area contributed by atoms with Gasteiger partial charge in [0.15, 0.2) is 0 Å². The van der Waals surface area contributed by atoms with Gasteiger partial charge in [-0.2, -0.15) is 5.26 Å². The summed E-state index contributed by atoms with van der Waals surface area (Å²) in [6, 6.07) is 2.50. The third-order valence-electron chi connectivity index (χ3n) is 2.71. The van der Waals surface area contributed by atoms with Crippen molar-refractivity contribution >= 4 is 0 Å². The summed E-state index contributed by atoms with van der Waals surface area (Å²) in [4.78, 5) is 0. The van der Waals surface area contributed by atoms with Crippen molar-refractivity contribution in [3.8, 4) is 6.07 Å². The fourth-order valence-electron chi connectivity index (χ4n) is 1.54. The smallest absolute Gasteiger partial charge is 0.0638 e. The standard InChI is InChI=1S/C12H24N2O/c1-4-11(6-8-13)14-10-12(2,3)7-5-9-15/h11,14-15H,4-7,9-10H2,1-3H3. The average Bonchev–Trinajstić information content (AvgIpc) is 2.21. The first-order chi connectivity index (χ1) is 7.05. The molecule has 0 spiro atoms. The molecule has 3 heteroatoms. The van der Waals surface area contributed by atoms with Gasteiger partial charge in [0.1, 0.15) is 0 Å². The van der Waals surface area contributed by atoms with Gasteiger partial charge in [0, 0.05) is 19.2 Å². The molecule has 0 aromatic heterocycles. The van der Waals surface area contributed by atoms with Gasteiger partial charge in [-0.05, 0) is 24.7 Å². The molecule has 0 rings (SSSR count). The quantitative estimate of drug-likeness (QED) is 0.647. The molecule has 0 aromatic carbocycles. The summed E-state index contributed by atoms with van der Waals surface area (Å²) < 4.78 is 0. The highest BCUT2D eigenvalue weighted by Crippen LogP contribution is 2.21. The van der Waals surface area contributed by atoms with Gasteiger partial charge in [0.2, 0.25) is 0 Å². The number of nitrogens with one attached hydrogen (secondary N) is 1. The van der Waals surface area contributed by atoms with Crippen LogP contribution in [0.25, 0.3) is 0 Å². The minimum atomic E-state index is 0.200. The van der Waals surface area contributed by atoms with Crippen LogP contribution in [0.5, 0.6) is 0 Å². The molecule has 1 unspecified atom stereocenters. The van der Waals surface area contributed by atoms with Crippen molar-refractivity contribution in [2.24, 2.45) is 5.41 Å². The lowest BCUT2D eigenvalue weighted by Crippen LogP contribution is -2.36. The Bertz CT molecular complexity index is 196. The second kappa shape index (κ2) is 7.67. The Morgan fingerprint density at radius 2 is 2.13 bits per heavy atom. The van der Waals surface area contributed by atoms with E-state index in [2.05, 4.69) is 32.2 Å². The molecular weight excluding hydrogens is 188 g/mol. The number of nitriles is 1. The minimum Gasteiger partial charge on any atom is -0.396 e.